The molecule has 0 unspecified atom stereocenters. The van der Waals surface area contributed by atoms with Gasteiger partial charge in [0.25, 0.3) is 5.91 Å². The average Bonchev–Trinajstić information content (AvgIpc) is 3.24. The highest BCUT2D eigenvalue weighted by Crippen LogP contribution is 2.32. The van der Waals surface area contributed by atoms with Crippen LogP contribution >= 0.6 is 22.7 Å². The molecule has 0 aliphatic carbocycles. The van der Waals surface area contributed by atoms with Crippen molar-refractivity contribution in [3.8, 4) is 0 Å². The zero-order valence-corrected chi connectivity index (χ0v) is 19.6. The summed E-state index contributed by atoms with van der Waals surface area (Å²) in [6, 6.07) is 0. The van der Waals surface area contributed by atoms with E-state index in [0.29, 0.717) is 10.0 Å². The minimum absolute atomic E-state index is 0.137. The van der Waals surface area contributed by atoms with Gasteiger partial charge in [0.15, 0.2) is 5.13 Å². The summed E-state index contributed by atoms with van der Waals surface area (Å²) in [7, 11) is 0. The lowest BCUT2D eigenvalue weighted by Gasteiger charge is -2.34. The van der Waals surface area contributed by atoms with Crippen molar-refractivity contribution in [3.63, 3.8) is 0 Å². The van der Waals surface area contributed by atoms with E-state index in [1.165, 1.54) is 22.7 Å². The Bertz CT molecular complexity index is 1070. The normalized spacial score (nSPS) is 20.0. The Labute approximate surface area is 184 Å². The number of aromatic nitrogens is 3. The largest absolute Gasteiger partial charge is 0.373 e. The Kier molecular flexibility index (Phi) is 6.15. The maximum Gasteiger partial charge on any atom is 0.267 e. The topological polar surface area (TPSA) is 80.2 Å². The van der Waals surface area contributed by atoms with Crippen molar-refractivity contribution in [1.29, 1.82) is 0 Å². The van der Waals surface area contributed by atoms with Gasteiger partial charge in [-0.15, -0.1) is 22.7 Å². The molecule has 1 aliphatic heterocycles. The molecule has 4 heterocycles. The SMILES string of the molecule is CCc1nc(C)c2c(C)c(C(=O)Nc3nc(CN4C[C@H](C)O[C@@H](C)C4)cs3)sc2n1. The first-order valence-electron chi connectivity index (χ1n) is 10.2. The Morgan fingerprint density at radius 2 is 1.97 bits per heavy atom. The summed E-state index contributed by atoms with van der Waals surface area (Å²) in [4.78, 5) is 30.6. The van der Waals surface area contributed by atoms with Gasteiger partial charge in [-0.25, -0.2) is 15.0 Å². The van der Waals surface area contributed by atoms with Gasteiger partial charge in [0.2, 0.25) is 0 Å². The molecule has 0 saturated carbocycles. The minimum atomic E-state index is -0.137. The zero-order valence-electron chi connectivity index (χ0n) is 18.0. The molecule has 7 nitrogen and oxygen atoms in total. The molecule has 0 aromatic carbocycles. The molecule has 0 bridgehead atoms. The van der Waals surface area contributed by atoms with Gasteiger partial charge in [-0.2, -0.15) is 0 Å². The number of thiophene rings is 1. The van der Waals surface area contributed by atoms with Gasteiger partial charge in [0.1, 0.15) is 10.7 Å². The lowest BCUT2D eigenvalue weighted by molar-refractivity contribution is -0.0707. The maximum absolute atomic E-state index is 12.9. The van der Waals surface area contributed by atoms with Crippen LogP contribution in [0.5, 0.6) is 0 Å². The van der Waals surface area contributed by atoms with Crippen LogP contribution in [0.15, 0.2) is 5.38 Å². The summed E-state index contributed by atoms with van der Waals surface area (Å²) in [5.74, 6) is 0.673. The molecule has 3 aromatic heterocycles. The number of nitrogens with zero attached hydrogens (tertiary/aromatic N) is 4. The number of carbonyl (C=O) groups excluding carboxylic acids is 1. The summed E-state index contributed by atoms with van der Waals surface area (Å²) in [5.41, 5.74) is 2.83. The van der Waals surface area contributed by atoms with Crippen LogP contribution < -0.4 is 5.32 Å². The fourth-order valence-electron chi connectivity index (χ4n) is 4.00. The first kappa shape index (κ1) is 21.3. The molecule has 1 N–H and O–H groups in total. The van der Waals surface area contributed by atoms with Crippen molar-refractivity contribution >= 4 is 43.9 Å². The van der Waals surface area contributed by atoms with Crippen LogP contribution in [-0.4, -0.2) is 51.1 Å². The van der Waals surface area contributed by atoms with Gasteiger partial charge in [-0.1, -0.05) is 6.92 Å². The number of thiazole rings is 1. The smallest absolute Gasteiger partial charge is 0.267 e. The van der Waals surface area contributed by atoms with E-state index in [9.17, 15) is 4.79 Å². The van der Waals surface area contributed by atoms with E-state index in [2.05, 4.69) is 39.0 Å². The Morgan fingerprint density at radius 3 is 2.67 bits per heavy atom. The number of nitrogens with one attached hydrogen (secondary N) is 1. The van der Waals surface area contributed by atoms with E-state index in [-0.39, 0.29) is 18.1 Å². The number of amides is 1. The van der Waals surface area contributed by atoms with E-state index in [4.69, 9.17) is 4.74 Å². The van der Waals surface area contributed by atoms with Gasteiger partial charge in [0.05, 0.1) is 22.8 Å². The summed E-state index contributed by atoms with van der Waals surface area (Å²) in [5, 5.41) is 6.59. The van der Waals surface area contributed by atoms with Crippen LogP contribution in [0, 0.1) is 13.8 Å². The van der Waals surface area contributed by atoms with Crippen LogP contribution in [0.25, 0.3) is 10.2 Å². The Balaban J connectivity index is 1.48. The monoisotopic (exact) mass is 445 g/mol. The summed E-state index contributed by atoms with van der Waals surface area (Å²) >= 11 is 2.88. The summed E-state index contributed by atoms with van der Waals surface area (Å²) in [6.45, 7) is 12.7. The highest BCUT2D eigenvalue weighted by Gasteiger charge is 2.23. The number of aryl methyl sites for hydroxylation is 3. The molecule has 1 fully saturated rings. The third-order valence-corrected chi connectivity index (χ3v) is 7.18. The van der Waals surface area contributed by atoms with Crippen molar-refractivity contribution < 1.29 is 9.53 Å². The molecular weight excluding hydrogens is 418 g/mol. The van der Waals surface area contributed by atoms with Gasteiger partial charge in [-0.3, -0.25) is 15.0 Å². The molecule has 0 radical (unpaired) electrons. The number of anilines is 1. The second-order valence-electron chi connectivity index (χ2n) is 7.86. The molecule has 3 aromatic rings. The quantitative estimate of drug-likeness (QED) is 0.634. The predicted molar refractivity (Wildman–Crippen MR) is 122 cm³/mol. The number of morpholine rings is 1. The van der Waals surface area contributed by atoms with Gasteiger partial charge in [-0.05, 0) is 33.3 Å². The molecule has 1 saturated heterocycles. The number of hydrogen-bond donors (Lipinski definition) is 1. The fraction of sp³-hybridized carbons (Fsp3) is 0.524. The second-order valence-corrected chi connectivity index (χ2v) is 9.72. The summed E-state index contributed by atoms with van der Waals surface area (Å²) < 4.78 is 5.80. The number of ether oxygens (including phenoxy) is 1. The van der Waals surface area contributed by atoms with Crippen molar-refractivity contribution in [2.75, 3.05) is 18.4 Å². The average molecular weight is 446 g/mol. The number of fused-ring (bicyclic) bond motifs is 1. The van der Waals surface area contributed by atoms with E-state index >= 15 is 0 Å². The fourth-order valence-corrected chi connectivity index (χ4v) is 5.85. The third-order valence-electron chi connectivity index (χ3n) is 5.19. The first-order chi connectivity index (χ1) is 14.3. The van der Waals surface area contributed by atoms with E-state index in [1.807, 2.05) is 26.2 Å². The molecule has 1 aliphatic rings. The number of hydrogen-bond acceptors (Lipinski definition) is 8. The van der Waals surface area contributed by atoms with Crippen molar-refractivity contribution in [1.82, 2.24) is 19.9 Å². The molecule has 4 rings (SSSR count). The Morgan fingerprint density at radius 1 is 1.23 bits per heavy atom. The Hall–Kier alpha value is -1.94. The molecular formula is C21H27N5O2S2. The van der Waals surface area contributed by atoms with Crippen LogP contribution in [0.4, 0.5) is 5.13 Å². The van der Waals surface area contributed by atoms with E-state index in [0.717, 1.165) is 59.0 Å². The van der Waals surface area contributed by atoms with Crippen molar-refractivity contribution in [3.05, 3.63) is 33.0 Å². The predicted octanol–water partition coefficient (Wildman–Crippen LogP) is 4.19. The molecule has 2 atom stereocenters. The molecule has 1 amide bonds. The van der Waals surface area contributed by atoms with Gasteiger partial charge < -0.3 is 4.74 Å². The van der Waals surface area contributed by atoms with Crippen LogP contribution in [0.2, 0.25) is 0 Å². The number of rotatable bonds is 5. The zero-order chi connectivity index (χ0) is 21.4. The molecule has 9 heteroatoms. The number of carbonyl (C=O) groups is 1. The van der Waals surface area contributed by atoms with Crippen LogP contribution in [0.1, 0.15) is 53.2 Å². The van der Waals surface area contributed by atoms with Gasteiger partial charge >= 0.3 is 0 Å². The van der Waals surface area contributed by atoms with E-state index < -0.39 is 0 Å². The lowest BCUT2D eigenvalue weighted by atomic mass is 10.1. The lowest BCUT2D eigenvalue weighted by Crippen LogP contribution is -2.44. The standard InChI is InChI=1S/C21H27N5O2S2/c1-6-16-22-14(5)17-13(4)18(30-20(17)24-16)19(27)25-21-23-15(10-29-21)9-26-7-11(2)28-12(3)8-26/h10-12H,6-9H2,1-5H3,(H,23,25,27)/t11-,12-/m0/s1. The third kappa shape index (κ3) is 4.39. The summed E-state index contributed by atoms with van der Waals surface area (Å²) in [6.07, 6.45) is 1.22. The van der Waals surface area contributed by atoms with Gasteiger partial charge in [0, 0.05) is 42.5 Å². The molecule has 30 heavy (non-hydrogen) atoms. The van der Waals surface area contributed by atoms with Crippen LogP contribution in [0.3, 0.4) is 0 Å². The molecule has 160 valence electrons. The molecule has 0 spiro atoms. The van der Waals surface area contributed by atoms with E-state index in [1.54, 1.807) is 0 Å². The minimum Gasteiger partial charge on any atom is -0.373 e. The van der Waals surface area contributed by atoms with Crippen molar-refractivity contribution in [2.24, 2.45) is 0 Å². The second kappa shape index (κ2) is 8.66. The van der Waals surface area contributed by atoms with Crippen LogP contribution in [-0.2, 0) is 17.7 Å². The van der Waals surface area contributed by atoms with Crippen molar-refractivity contribution in [2.45, 2.75) is 59.8 Å². The highest BCUT2D eigenvalue weighted by molar-refractivity contribution is 7.21. The highest BCUT2D eigenvalue weighted by atomic mass is 32.1. The first-order valence-corrected chi connectivity index (χ1v) is 11.9. The maximum atomic E-state index is 12.9.